The van der Waals surface area contributed by atoms with E-state index in [2.05, 4.69) is 26.2 Å². The number of aromatic nitrogens is 2. The highest BCUT2D eigenvalue weighted by Gasteiger charge is 2.01. The Hall–Kier alpha value is -1.20. The molecule has 0 aliphatic carbocycles. The summed E-state index contributed by atoms with van der Waals surface area (Å²) in [5.74, 6) is -0.238. The lowest BCUT2D eigenvalue weighted by Crippen LogP contribution is -2.13. The van der Waals surface area contributed by atoms with Crippen LogP contribution in [-0.2, 0) is 20.1 Å². The van der Waals surface area contributed by atoms with E-state index in [-0.39, 0.29) is 5.82 Å². The van der Waals surface area contributed by atoms with Gasteiger partial charge in [0, 0.05) is 26.3 Å². The van der Waals surface area contributed by atoms with Gasteiger partial charge in [0.05, 0.1) is 16.5 Å². The van der Waals surface area contributed by atoms with Crippen LogP contribution in [0.2, 0.25) is 0 Å². The summed E-state index contributed by atoms with van der Waals surface area (Å²) in [6.07, 6.45) is 3.74. The zero-order valence-corrected chi connectivity index (χ0v) is 11.0. The van der Waals surface area contributed by atoms with Gasteiger partial charge in [-0.3, -0.25) is 0 Å². The molecule has 0 saturated heterocycles. The fraction of sp³-hybridized carbons (Fsp3) is 0.250. The molecule has 1 aromatic carbocycles. The highest BCUT2D eigenvalue weighted by molar-refractivity contribution is 9.10. The van der Waals surface area contributed by atoms with Crippen molar-refractivity contribution in [3.05, 3.63) is 52.3 Å². The average Bonchev–Trinajstić information content (AvgIpc) is 2.70. The maximum absolute atomic E-state index is 13.0. The Balaban J connectivity index is 1.87. The first kappa shape index (κ1) is 12.3. The Morgan fingerprint density at radius 3 is 2.88 bits per heavy atom. The third-order valence-corrected chi connectivity index (χ3v) is 2.99. The van der Waals surface area contributed by atoms with Crippen molar-refractivity contribution < 1.29 is 4.39 Å². The van der Waals surface area contributed by atoms with Crippen LogP contribution in [0.3, 0.4) is 0 Å². The van der Waals surface area contributed by atoms with Crippen molar-refractivity contribution in [2.24, 2.45) is 7.05 Å². The van der Waals surface area contributed by atoms with Crippen LogP contribution in [0.15, 0.2) is 35.2 Å². The van der Waals surface area contributed by atoms with E-state index in [9.17, 15) is 4.39 Å². The molecule has 0 radical (unpaired) electrons. The molecule has 90 valence electrons. The molecule has 0 fully saturated rings. The standard InChI is InChI=1S/C12H13BrFN3/c1-17-7-10(16-8-17)6-15-5-9-2-3-12(14)11(13)4-9/h2-4,7-8,15H,5-6H2,1H3. The van der Waals surface area contributed by atoms with E-state index in [1.54, 1.807) is 18.5 Å². The predicted molar refractivity (Wildman–Crippen MR) is 67.9 cm³/mol. The van der Waals surface area contributed by atoms with Gasteiger partial charge >= 0.3 is 0 Å². The van der Waals surface area contributed by atoms with Crippen LogP contribution in [0.1, 0.15) is 11.3 Å². The van der Waals surface area contributed by atoms with Crippen LogP contribution in [-0.4, -0.2) is 9.55 Å². The minimum Gasteiger partial charge on any atom is -0.340 e. The Morgan fingerprint density at radius 2 is 2.24 bits per heavy atom. The second-order valence-corrected chi connectivity index (χ2v) is 4.74. The van der Waals surface area contributed by atoms with Crippen molar-refractivity contribution in [1.29, 1.82) is 0 Å². The summed E-state index contributed by atoms with van der Waals surface area (Å²) in [6, 6.07) is 5.01. The van der Waals surface area contributed by atoms with E-state index in [4.69, 9.17) is 0 Å². The van der Waals surface area contributed by atoms with Crippen LogP contribution in [0, 0.1) is 5.82 Å². The van der Waals surface area contributed by atoms with E-state index in [0.717, 1.165) is 11.3 Å². The molecule has 17 heavy (non-hydrogen) atoms. The average molecular weight is 298 g/mol. The van der Waals surface area contributed by atoms with Gasteiger partial charge in [0.1, 0.15) is 5.82 Å². The van der Waals surface area contributed by atoms with Gasteiger partial charge in [0.15, 0.2) is 0 Å². The molecule has 1 aromatic heterocycles. The summed E-state index contributed by atoms with van der Waals surface area (Å²) in [6.45, 7) is 1.39. The van der Waals surface area contributed by atoms with Crippen LogP contribution in [0.4, 0.5) is 4.39 Å². The second kappa shape index (κ2) is 5.42. The first-order valence-corrected chi connectivity index (χ1v) is 6.06. The molecule has 0 amide bonds. The molecule has 0 atom stereocenters. The van der Waals surface area contributed by atoms with Gasteiger partial charge in [0.2, 0.25) is 0 Å². The summed E-state index contributed by atoms with van der Waals surface area (Å²) in [7, 11) is 1.94. The number of imidazole rings is 1. The summed E-state index contributed by atoms with van der Waals surface area (Å²) in [5, 5.41) is 3.26. The van der Waals surface area contributed by atoms with Crippen molar-refractivity contribution in [3.63, 3.8) is 0 Å². The minimum absolute atomic E-state index is 0.238. The third-order valence-electron chi connectivity index (χ3n) is 2.38. The number of hydrogen-bond donors (Lipinski definition) is 1. The zero-order chi connectivity index (χ0) is 12.3. The van der Waals surface area contributed by atoms with E-state index >= 15 is 0 Å². The molecule has 1 heterocycles. The molecule has 2 aromatic rings. The van der Waals surface area contributed by atoms with Crippen molar-refractivity contribution >= 4 is 15.9 Å². The van der Waals surface area contributed by atoms with E-state index in [1.165, 1.54) is 6.07 Å². The van der Waals surface area contributed by atoms with Gasteiger partial charge in [0.25, 0.3) is 0 Å². The molecular weight excluding hydrogens is 285 g/mol. The monoisotopic (exact) mass is 297 g/mol. The number of hydrogen-bond acceptors (Lipinski definition) is 2. The van der Waals surface area contributed by atoms with Crippen LogP contribution >= 0.6 is 15.9 Å². The first-order valence-electron chi connectivity index (χ1n) is 5.26. The summed E-state index contributed by atoms with van der Waals surface area (Å²) < 4.78 is 15.4. The Labute approximate surface area is 108 Å². The first-order chi connectivity index (χ1) is 8.15. The van der Waals surface area contributed by atoms with Crippen LogP contribution in [0.25, 0.3) is 0 Å². The summed E-state index contributed by atoms with van der Waals surface area (Å²) >= 11 is 3.17. The summed E-state index contributed by atoms with van der Waals surface area (Å²) in [4.78, 5) is 4.21. The van der Waals surface area contributed by atoms with Crippen LogP contribution < -0.4 is 5.32 Å². The highest BCUT2D eigenvalue weighted by atomic mass is 79.9. The number of benzene rings is 1. The lowest BCUT2D eigenvalue weighted by Gasteiger charge is -2.04. The fourth-order valence-corrected chi connectivity index (χ4v) is 1.97. The van der Waals surface area contributed by atoms with Gasteiger partial charge in [-0.05, 0) is 33.6 Å². The fourth-order valence-electron chi connectivity index (χ4n) is 1.54. The van der Waals surface area contributed by atoms with Gasteiger partial charge in [-0.15, -0.1) is 0 Å². The van der Waals surface area contributed by atoms with Gasteiger partial charge in [-0.1, -0.05) is 6.07 Å². The van der Waals surface area contributed by atoms with E-state index < -0.39 is 0 Å². The molecule has 0 aliphatic heterocycles. The van der Waals surface area contributed by atoms with Crippen molar-refractivity contribution in [1.82, 2.24) is 14.9 Å². The SMILES string of the molecule is Cn1cnc(CNCc2ccc(F)c(Br)c2)c1. The molecule has 1 N–H and O–H groups in total. The normalized spacial score (nSPS) is 10.8. The van der Waals surface area contributed by atoms with Crippen molar-refractivity contribution in [3.8, 4) is 0 Å². The third kappa shape index (κ3) is 3.38. The molecule has 5 heteroatoms. The van der Waals surface area contributed by atoms with Gasteiger partial charge < -0.3 is 9.88 Å². The number of nitrogens with one attached hydrogen (secondary N) is 1. The molecule has 2 rings (SSSR count). The summed E-state index contributed by atoms with van der Waals surface area (Å²) in [5.41, 5.74) is 2.03. The van der Waals surface area contributed by atoms with E-state index in [1.807, 2.05) is 17.8 Å². The van der Waals surface area contributed by atoms with Gasteiger partial charge in [-0.25, -0.2) is 9.37 Å². The topological polar surface area (TPSA) is 29.9 Å². The lowest BCUT2D eigenvalue weighted by atomic mass is 10.2. The van der Waals surface area contributed by atoms with Gasteiger partial charge in [-0.2, -0.15) is 0 Å². The molecular formula is C12H13BrFN3. The quantitative estimate of drug-likeness (QED) is 0.940. The molecule has 3 nitrogen and oxygen atoms in total. The van der Waals surface area contributed by atoms with Crippen molar-refractivity contribution in [2.45, 2.75) is 13.1 Å². The number of aryl methyl sites for hydroxylation is 1. The molecule has 0 aliphatic rings. The maximum Gasteiger partial charge on any atom is 0.137 e. The van der Waals surface area contributed by atoms with Crippen molar-refractivity contribution in [2.75, 3.05) is 0 Å². The Bertz CT molecular complexity index is 510. The largest absolute Gasteiger partial charge is 0.340 e. The number of rotatable bonds is 4. The second-order valence-electron chi connectivity index (χ2n) is 3.88. The molecule has 0 saturated carbocycles. The molecule has 0 bridgehead atoms. The predicted octanol–water partition coefficient (Wildman–Crippen LogP) is 2.61. The molecule has 0 unspecified atom stereocenters. The maximum atomic E-state index is 13.0. The smallest absolute Gasteiger partial charge is 0.137 e. The van der Waals surface area contributed by atoms with E-state index in [0.29, 0.717) is 17.6 Å². The van der Waals surface area contributed by atoms with Crippen LogP contribution in [0.5, 0.6) is 0 Å². The zero-order valence-electron chi connectivity index (χ0n) is 9.45. The Kier molecular flexibility index (Phi) is 3.91. The molecule has 0 spiro atoms. The number of halogens is 2. The lowest BCUT2D eigenvalue weighted by molar-refractivity contribution is 0.617. The number of nitrogens with zero attached hydrogens (tertiary/aromatic N) is 2. The minimum atomic E-state index is -0.238. The Morgan fingerprint density at radius 1 is 1.41 bits per heavy atom. The highest BCUT2D eigenvalue weighted by Crippen LogP contribution is 2.16.